The number of pyridine rings is 1. The zero-order valence-electron chi connectivity index (χ0n) is 15.1. The lowest BCUT2D eigenvalue weighted by Crippen LogP contribution is -2.14. The Morgan fingerprint density at radius 2 is 1.46 bits per heavy atom. The normalized spacial score (nSPS) is 11.4. The SMILES string of the molecule is COc1nc(OC)nc(O/C(C(=O)O)=C(/c2ccccc2)c2cccnc2)n1. The van der Waals surface area contributed by atoms with Gasteiger partial charge in [0.1, 0.15) is 0 Å². The Kier molecular flexibility index (Phi) is 5.75. The summed E-state index contributed by atoms with van der Waals surface area (Å²) in [6, 6.07) is 11.9. The van der Waals surface area contributed by atoms with Crippen LogP contribution < -0.4 is 14.2 Å². The second-order valence-corrected chi connectivity index (χ2v) is 5.31. The maximum Gasteiger partial charge on any atom is 0.372 e. The fourth-order valence-electron chi connectivity index (χ4n) is 2.39. The van der Waals surface area contributed by atoms with Crippen LogP contribution in [0.3, 0.4) is 0 Å². The van der Waals surface area contributed by atoms with Gasteiger partial charge >= 0.3 is 24.0 Å². The second-order valence-electron chi connectivity index (χ2n) is 5.31. The molecule has 0 fully saturated rings. The van der Waals surface area contributed by atoms with E-state index in [2.05, 4.69) is 19.9 Å². The Bertz CT molecular complexity index is 930. The van der Waals surface area contributed by atoms with Gasteiger partial charge in [-0.1, -0.05) is 36.4 Å². The van der Waals surface area contributed by atoms with Crippen LogP contribution in [0.5, 0.6) is 18.0 Å². The van der Waals surface area contributed by atoms with E-state index >= 15 is 0 Å². The molecule has 28 heavy (non-hydrogen) atoms. The molecule has 0 aliphatic heterocycles. The number of ether oxygens (including phenoxy) is 3. The molecule has 1 aromatic carbocycles. The highest BCUT2D eigenvalue weighted by Gasteiger charge is 2.23. The largest absolute Gasteiger partial charge is 0.475 e. The fourth-order valence-corrected chi connectivity index (χ4v) is 2.39. The number of benzene rings is 1. The Morgan fingerprint density at radius 3 is 2.00 bits per heavy atom. The number of carboxylic acids is 1. The molecule has 0 bridgehead atoms. The summed E-state index contributed by atoms with van der Waals surface area (Å²) >= 11 is 0. The van der Waals surface area contributed by atoms with Gasteiger partial charge in [0.15, 0.2) is 0 Å². The van der Waals surface area contributed by atoms with E-state index in [-0.39, 0.29) is 23.8 Å². The molecule has 9 heteroatoms. The van der Waals surface area contributed by atoms with Gasteiger partial charge in [-0.05, 0) is 11.6 Å². The Morgan fingerprint density at radius 1 is 0.857 bits per heavy atom. The molecule has 3 rings (SSSR count). The topological polar surface area (TPSA) is 117 Å². The highest BCUT2D eigenvalue weighted by Crippen LogP contribution is 2.28. The zero-order valence-corrected chi connectivity index (χ0v) is 15.1. The number of nitrogens with zero attached hydrogens (tertiary/aromatic N) is 4. The van der Waals surface area contributed by atoms with Gasteiger partial charge in [-0.25, -0.2) is 4.79 Å². The Labute approximate surface area is 160 Å². The van der Waals surface area contributed by atoms with E-state index in [1.54, 1.807) is 48.8 Å². The number of carbonyl (C=O) groups is 1. The standard InChI is InChI=1S/C19H16N4O5/c1-26-17-21-18(27-2)23-19(22-17)28-15(16(24)25)14(12-7-4-3-5-8-12)13-9-6-10-20-11-13/h3-11H,1-2H3,(H,24,25)/b15-14-. The first-order chi connectivity index (χ1) is 13.6. The monoisotopic (exact) mass is 380 g/mol. The van der Waals surface area contributed by atoms with Gasteiger partial charge in [0.25, 0.3) is 0 Å². The van der Waals surface area contributed by atoms with Crippen molar-refractivity contribution in [2.45, 2.75) is 0 Å². The van der Waals surface area contributed by atoms with Crippen molar-refractivity contribution < 1.29 is 24.1 Å². The predicted molar refractivity (Wildman–Crippen MR) is 97.9 cm³/mol. The minimum Gasteiger partial charge on any atom is -0.475 e. The lowest BCUT2D eigenvalue weighted by atomic mass is 9.98. The molecule has 0 radical (unpaired) electrons. The minimum atomic E-state index is -1.30. The van der Waals surface area contributed by atoms with Crippen molar-refractivity contribution >= 4 is 11.5 Å². The van der Waals surface area contributed by atoms with Crippen molar-refractivity contribution in [3.05, 3.63) is 71.7 Å². The van der Waals surface area contributed by atoms with E-state index in [0.29, 0.717) is 16.7 Å². The molecule has 2 aromatic heterocycles. The summed E-state index contributed by atoms with van der Waals surface area (Å²) < 4.78 is 15.5. The van der Waals surface area contributed by atoms with Gasteiger partial charge < -0.3 is 19.3 Å². The molecule has 1 N–H and O–H groups in total. The van der Waals surface area contributed by atoms with Crippen LogP contribution in [-0.4, -0.2) is 45.2 Å². The molecule has 0 spiro atoms. The minimum absolute atomic E-state index is 0.0748. The Hall–Kier alpha value is -4.01. The van der Waals surface area contributed by atoms with Crippen LogP contribution >= 0.6 is 0 Å². The smallest absolute Gasteiger partial charge is 0.372 e. The first-order valence-corrected chi connectivity index (χ1v) is 8.07. The average Bonchev–Trinajstić information content (AvgIpc) is 2.74. The number of aromatic nitrogens is 4. The number of methoxy groups -OCH3 is 2. The van der Waals surface area contributed by atoms with E-state index in [0.717, 1.165) is 0 Å². The van der Waals surface area contributed by atoms with Crippen LogP contribution in [-0.2, 0) is 4.79 Å². The number of rotatable bonds is 7. The van der Waals surface area contributed by atoms with Gasteiger partial charge in [0.2, 0.25) is 5.76 Å². The summed E-state index contributed by atoms with van der Waals surface area (Å²) in [7, 11) is 2.72. The van der Waals surface area contributed by atoms with Crippen molar-refractivity contribution in [3.63, 3.8) is 0 Å². The first kappa shape index (κ1) is 18.8. The Balaban J connectivity index is 2.18. The summed E-state index contributed by atoms with van der Waals surface area (Å²) in [6.45, 7) is 0. The van der Waals surface area contributed by atoms with Gasteiger partial charge in [0.05, 0.1) is 14.2 Å². The van der Waals surface area contributed by atoms with Crippen LogP contribution in [0.15, 0.2) is 60.6 Å². The quantitative estimate of drug-likeness (QED) is 0.486. The molecule has 0 amide bonds. The third kappa shape index (κ3) is 4.21. The summed E-state index contributed by atoms with van der Waals surface area (Å²) in [5, 5.41) is 9.84. The summed E-state index contributed by atoms with van der Waals surface area (Å²) in [4.78, 5) is 27.9. The molecule has 2 heterocycles. The first-order valence-electron chi connectivity index (χ1n) is 8.07. The molecule has 0 unspecified atom stereocenters. The maximum absolute atomic E-state index is 12.1. The van der Waals surface area contributed by atoms with E-state index in [4.69, 9.17) is 14.2 Å². The van der Waals surface area contributed by atoms with Crippen LogP contribution in [0.25, 0.3) is 5.57 Å². The molecule has 0 saturated heterocycles. The summed E-state index contributed by atoms with van der Waals surface area (Å²) in [6.07, 6.45) is 3.14. The van der Waals surface area contributed by atoms with Crippen LogP contribution in [0.4, 0.5) is 0 Å². The second kappa shape index (κ2) is 8.58. The van der Waals surface area contributed by atoms with Crippen molar-refractivity contribution in [2.75, 3.05) is 14.2 Å². The molecule has 0 aliphatic carbocycles. The number of aliphatic carboxylic acids is 1. The van der Waals surface area contributed by atoms with Gasteiger partial charge in [-0.3, -0.25) is 4.98 Å². The zero-order chi connectivity index (χ0) is 19.9. The van der Waals surface area contributed by atoms with Crippen LogP contribution in [0, 0.1) is 0 Å². The average molecular weight is 380 g/mol. The molecule has 142 valence electrons. The third-order valence-electron chi connectivity index (χ3n) is 3.57. The molecule has 0 atom stereocenters. The van der Waals surface area contributed by atoms with E-state index in [1.165, 1.54) is 14.2 Å². The van der Waals surface area contributed by atoms with E-state index < -0.39 is 5.97 Å². The van der Waals surface area contributed by atoms with Crippen molar-refractivity contribution in [1.82, 2.24) is 19.9 Å². The lowest BCUT2D eigenvalue weighted by molar-refractivity contribution is -0.135. The third-order valence-corrected chi connectivity index (χ3v) is 3.57. The molecular formula is C19H16N4O5. The van der Waals surface area contributed by atoms with E-state index in [9.17, 15) is 9.90 Å². The van der Waals surface area contributed by atoms with Gasteiger partial charge in [-0.15, -0.1) is 15.0 Å². The number of carboxylic acid groups (broad SMARTS) is 1. The predicted octanol–water partition coefficient (Wildman–Crippen LogP) is 2.21. The van der Waals surface area contributed by atoms with Crippen LogP contribution in [0.1, 0.15) is 11.1 Å². The molecule has 0 aliphatic rings. The van der Waals surface area contributed by atoms with Gasteiger partial charge in [-0.2, -0.15) is 0 Å². The van der Waals surface area contributed by atoms with Crippen molar-refractivity contribution in [2.24, 2.45) is 0 Å². The summed E-state index contributed by atoms with van der Waals surface area (Å²) in [5.74, 6) is -1.68. The highest BCUT2D eigenvalue weighted by atomic mass is 16.5. The molecule has 0 saturated carbocycles. The summed E-state index contributed by atoms with van der Waals surface area (Å²) in [5.41, 5.74) is 1.50. The van der Waals surface area contributed by atoms with Gasteiger partial charge in [0, 0.05) is 23.5 Å². The number of hydrogen-bond donors (Lipinski definition) is 1. The number of hydrogen-bond acceptors (Lipinski definition) is 8. The molecule has 9 nitrogen and oxygen atoms in total. The molecular weight excluding hydrogens is 364 g/mol. The van der Waals surface area contributed by atoms with Crippen LogP contribution in [0.2, 0.25) is 0 Å². The van der Waals surface area contributed by atoms with Crippen molar-refractivity contribution in [3.8, 4) is 18.0 Å². The lowest BCUT2D eigenvalue weighted by Gasteiger charge is -2.13. The van der Waals surface area contributed by atoms with Crippen molar-refractivity contribution in [1.29, 1.82) is 0 Å². The molecule has 3 aromatic rings. The highest BCUT2D eigenvalue weighted by molar-refractivity contribution is 5.99. The van der Waals surface area contributed by atoms with E-state index in [1.807, 2.05) is 6.07 Å². The fraction of sp³-hybridized carbons (Fsp3) is 0.105. The maximum atomic E-state index is 12.1.